The molecule has 9 heavy (non-hydrogen) atoms. The van der Waals surface area contributed by atoms with Crippen LogP contribution in [0.3, 0.4) is 0 Å². The van der Waals surface area contributed by atoms with Crippen LogP contribution in [-0.4, -0.2) is 18.8 Å². The summed E-state index contributed by atoms with van der Waals surface area (Å²) >= 11 is 0. The minimum Gasteiger partial charge on any atom is -0.251 e. The van der Waals surface area contributed by atoms with Gasteiger partial charge >= 0.3 is 0 Å². The zero-order valence-corrected chi connectivity index (χ0v) is 5.00. The average molecular weight is 144 g/mol. The lowest BCUT2D eigenvalue weighted by Gasteiger charge is -2.13. The summed E-state index contributed by atoms with van der Waals surface area (Å²) in [5, 5.41) is 0. The summed E-state index contributed by atoms with van der Waals surface area (Å²) in [7, 11) is 0. The van der Waals surface area contributed by atoms with Gasteiger partial charge < -0.3 is 0 Å². The smallest absolute Gasteiger partial charge is 0.251 e. The summed E-state index contributed by atoms with van der Waals surface area (Å²) in [6.07, 6.45) is -3.06. The summed E-state index contributed by atoms with van der Waals surface area (Å²) < 4.78 is 46.6. The molecule has 0 fully saturated rings. The van der Waals surface area contributed by atoms with Crippen LogP contribution in [-0.2, 0) is 0 Å². The fraction of sp³-hybridized carbons (Fsp3) is 1.00. The van der Waals surface area contributed by atoms with Crippen molar-refractivity contribution in [1.29, 1.82) is 0 Å². The summed E-state index contributed by atoms with van der Waals surface area (Å²) in [5.74, 6) is -3.40. The highest BCUT2D eigenvalue weighted by molar-refractivity contribution is 4.70. The van der Waals surface area contributed by atoms with Gasteiger partial charge in [-0.05, 0) is 0 Å². The van der Waals surface area contributed by atoms with Gasteiger partial charge in [0.15, 0.2) is 6.17 Å². The van der Waals surface area contributed by atoms with Crippen LogP contribution in [0, 0.1) is 0 Å². The monoisotopic (exact) mass is 144 g/mol. The molecular formula is C5H8F4. The molecule has 0 bridgehead atoms. The molecule has 0 saturated carbocycles. The van der Waals surface area contributed by atoms with E-state index in [1.807, 2.05) is 0 Å². The summed E-state index contributed by atoms with van der Waals surface area (Å²) in [6, 6.07) is 0. The predicted octanol–water partition coefficient (Wildman–Crippen LogP) is 2.34. The van der Waals surface area contributed by atoms with Crippen molar-refractivity contribution in [3.05, 3.63) is 0 Å². The standard InChI is InChI=1S/C5H8F4/c1-5(8,9)4(7)2-3-6/h4H,2-3H2,1H3. The summed E-state index contributed by atoms with van der Waals surface area (Å²) in [4.78, 5) is 0. The Morgan fingerprint density at radius 1 is 1.44 bits per heavy atom. The summed E-state index contributed by atoms with van der Waals surface area (Å²) in [5.41, 5.74) is 0. The molecule has 0 aliphatic carbocycles. The van der Waals surface area contributed by atoms with Gasteiger partial charge in [-0.3, -0.25) is 4.39 Å². The Labute approximate surface area is 50.9 Å². The predicted molar refractivity (Wildman–Crippen MR) is 26.1 cm³/mol. The number of hydrogen-bond acceptors (Lipinski definition) is 0. The van der Waals surface area contributed by atoms with Gasteiger partial charge in [0.05, 0.1) is 6.67 Å². The van der Waals surface area contributed by atoms with Gasteiger partial charge in [-0.1, -0.05) is 0 Å². The maximum atomic E-state index is 11.9. The van der Waals surface area contributed by atoms with Crippen molar-refractivity contribution < 1.29 is 17.6 Å². The van der Waals surface area contributed by atoms with E-state index in [4.69, 9.17) is 0 Å². The highest BCUT2D eigenvalue weighted by Gasteiger charge is 2.33. The third-order valence-electron chi connectivity index (χ3n) is 0.913. The molecule has 4 heteroatoms. The van der Waals surface area contributed by atoms with E-state index < -0.39 is 25.2 Å². The van der Waals surface area contributed by atoms with Crippen molar-refractivity contribution in [1.82, 2.24) is 0 Å². The van der Waals surface area contributed by atoms with Crippen molar-refractivity contribution in [2.24, 2.45) is 0 Å². The highest BCUT2D eigenvalue weighted by Crippen LogP contribution is 2.22. The van der Waals surface area contributed by atoms with Crippen LogP contribution in [0.2, 0.25) is 0 Å². The van der Waals surface area contributed by atoms with Gasteiger partial charge in [-0.25, -0.2) is 13.2 Å². The Bertz CT molecular complexity index is 75.5. The molecule has 0 N–H and O–H groups in total. The number of rotatable bonds is 3. The van der Waals surface area contributed by atoms with Crippen LogP contribution in [0.15, 0.2) is 0 Å². The minimum atomic E-state index is -3.40. The van der Waals surface area contributed by atoms with Crippen LogP contribution < -0.4 is 0 Å². The lowest BCUT2D eigenvalue weighted by Crippen LogP contribution is -2.26. The van der Waals surface area contributed by atoms with Crippen molar-refractivity contribution >= 4 is 0 Å². The molecule has 0 saturated heterocycles. The second-order valence-corrected chi connectivity index (χ2v) is 1.90. The van der Waals surface area contributed by atoms with Gasteiger partial charge in [0, 0.05) is 13.3 Å². The van der Waals surface area contributed by atoms with E-state index in [-0.39, 0.29) is 0 Å². The van der Waals surface area contributed by atoms with Crippen LogP contribution in [0.25, 0.3) is 0 Å². The molecule has 0 radical (unpaired) electrons. The van der Waals surface area contributed by atoms with Crippen LogP contribution >= 0.6 is 0 Å². The van der Waals surface area contributed by atoms with E-state index in [2.05, 4.69) is 0 Å². The van der Waals surface area contributed by atoms with Crippen molar-refractivity contribution in [3.63, 3.8) is 0 Å². The Kier molecular flexibility index (Phi) is 2.94. The second kappa shape index (κ2) is 3.03. The van der Waals surface area contributed by atoms with E-state index in [0.717, 1.165) is 0 Å². The van der Waals surface area contributed by atoms with Crippen molar-refractivity contribution in [2.45, 2.75) is 25.4 Å². The third kappa shape index (κ3) is 3.32. The van der Waals surface area contributed by atoms with E-state index in [1.165, 1.54) is 0 Å². The lowest BCUT2D eigenvalue weighted by atomic mass is 10.2. The van der Waals surface area contributed by atoms with E-state index in [1.54, 1.807) is 0 Å². The lowest BCUT2D eigenvalue weighted by molar-refractivity contribution is -0.0595. The highest BCUT2D eigenvalue weighted by atomic mass is 19.3. The molecule has 0 aromatic rings. The first-order chi connectivity index (χ1) is 3.98. The van der Waals surface area contributed by atoms with E-state index in [0.29, 0.717) is 6.92 Å². The first kappa shape index (κ1) is 8.72. The van der Waals surface area contributed by atoms with Crippen LogP contribution in [0.5, 0.6) is 0 Å². The third-order valence-corrected chi connectivity index (χ3v) is 0.913. The number of alkyl halides is 4. The summed E-state index contributed by atoms with van der Waals surface area (Å²) in [6.45, 7) is -0.599. The van der Waals surface area contributed by atoms with Gasteiger partial charge in [-0.15, -0.1) is 0 Å². The van der Waals surface area contributed by atoms with E-state index >= 15 is 0 Å². The average Bonchev–Trinajstić information content (AvgIpc) is 1.64. The zero-order chi connectivity index (χ0) is 7.49. The number of halogens is 4. The topological polar surface area (TPSA) is 0 Å². The molecule has 1 unspecified atom stereocenters. The maximum Gasteiger partial charge on any atom is 0.276 e. The maximum absolute atomic E-state index is 11.9. The molecule has 0 amide bonds. The van der Waals surface area contributed by atoms with Gasteiger partial charge in [0.2, 0.25) is 0 Å². The zero-order valence-electron chi connectivity index (χ0n) is 5.00. The normalized spacial score (nSPS) is 15.7. The molecule has 0 aromatic carbocycles. The molecule has 0 rings (SSSR count). The molecule has 0 aliphatic rings. The Hall–Kier alpha value is -0.280. The molecule has 0 aromatic heterocycles. The molecule has 0 nitrogen and oxygen atoms in total. The van der Waals surface area contributed by atoms with Gasteiger partial charge in [-0.2, -0.15) is 0 Å². The Morgan fingerprint density at radius 2 is 1.89 bits per heavy atom. The Morgan fingerprint density at radius 3 is 2.00 bits per heavy atom. The molecular weight excluding hydrogens is 136 g/mol. The molecule has 0 heterocycles. The fourth-order valence-corrected chi connectivity index (χ4v) is 0.349. The molecule has 1 atom stereocenters. The van der Waals surface area contributed by atoms with Gasteiger partial charge in [0.1, 0.15) is 0 Å². The van der Waals surface area contributed by atoms with Gasteiger partial charge in [0.25, 0.3) is 5.92 Å². The Balaban J connectivity index is 3.59. The quantitative estimate of drug-likeness (QED) is 0.533. The van der Waals surface area contributed by atoms with Crippen LogP contribution in [0.4, 0.5) is 17.6 Å². The van der Waals surface area contributed by atoms with Crippen molar-refractivity contribution in [3.8, 4) is 0 Å². The molecule has 0 aliphatic heterocycles. The SMILES string of the molecule is CC(F)(F)C(F)CCF. The number of hydrogen-bond donors (Lipinski definition) is 0. The first-order valence-electron chi connectivity index (χ1n) is 2.56. The van der Waals surface area contributed by atoms with Crippen LogP contribution in [0.1, 0.15) is 13.3 Å². The molecule has 0 spiro atoms. The second-order valence-electron chi connectivity index (χ2n) is 1.90. The largest absolute Gasteiger partial charge is 0.276 e. The first-order valence-corrected chi connectivity index (χ1v) is 2.56. The van der Waals surface area contributed by atoms with E-state index in [9.17, 15) is 17.6 Å². The fourth-order valence-electron chi connectivity index (χ4n) is 0.349. The molecule has 56 valence electrons. The van der Waals surface area contributed by atoms with Crippen molar-refractivity contribution in [2.75, 3.05) is 6.67 Å². The minimum absolute atomic E-state index is 0.438.